The Morgan fingerprint density at radius 2 is 2.15 bits per heavy atom. The minimum atomic E-state index is -0.872. The van der Waals surface area contributed by atoms with Gasteiger partial charge in [0.2, 0.25) is 0 Å². The number of nitrogens with zero attached hydrogens (tertiary/aromatic N) is 2. The van der Waals surface area contributed by atoms with Crippen molar-refractivity contribution in [3.63, 3.8) is 0 Å². The quantitative estimate of drug-likeness (QED) is 0.916. The summed E-state index contributed by atoms with van der Waals surface area (Å²) in [6.45, 7) is 7.48. The van der Waals surface area contributed by atoms with Crippen molar-refractivity contribution in [2.24, 2.45) is 5.92 Å². The normalized spacial score (nSPS) is 22.9. The van der Waals surface area contributed by atoms with Crippen molar-refractivity contribution in [3.05, 3.63) is 23.4 Å². The predicted molar refractivity (Wildman–Crippen MR) is 80.4 cm³/mol. The van der Waals surface area contributed by atoms with Gasteiger partial charge in [-0.2, -0.15) is 0 Å². The largest absolute Gasteiger partial charge is 0.478 e. The molecule has 2 atom stereocenters. The fourth-order valence-corrected chi connectivity index (χ4v) is 2.83. The van der Waals surface area contributed by atoms with Crippen LogP contribution < -0.4 is 4.90 Å². The number of piperidine rings is 1. The second-order valence-electron chi connectivity index (χ2n) is 5.94. The molecule has 2 heterocycles. The summed E-state index contributed by atoms with van der Waals surface area (Å²) in [4.78, 5) is 18.2. The molecule has 4 heteroatoms. The first-order valence-electron chi connectivity index (χ1n) is 7.52. The van der Waals surface area contributed by atoms with E-state index in [1.54, 1.807) is 12.1 Å². The van der Waals surface area contributed by atoms with E-state index in [4.69, 9.17) is 0 Å². The number of carbonyl (C=O) groups is 1. The molecule has 0 bridgehead atoms. The van der Waals surface area contributed by atoms with E-state index in [2.05, 4.69) is 30.7 Å². The molecule has 1 saturated heterocycles. The molecule has 0 spiro atoms. The average molecular weight is 276 g/mol. The summed E-state index contributed by atoms with van der Waals surface area (Å²) in [6.07, 6.45) is 4.18. The number of carboxylic acids is 1. The first-order valence-corrected chi connectivity index (χ1v) is 7.52. The number of hydrogen-bond acceptors (Lipinski definition) is 3. The van der Waals surface area contributed by atoms with Gasteiger partial charge in [0.1, 0.15) is 5.82 Å². The van der Waals surface area contributed by atoms with Gasteiger partial charge in [0, 0.05) is 18.3 Å². The number of pyridine rings is 1. The number of aromatic nitrogens is 1. The Morgan fingerprint density at radius 3 is 2.80 bits per heavy atom. The summed E-state index contributed by atoms with van der Waals surface area (Å²) in [6, 6.07) is 3.85. The molecule has 2 rings (SSSR count). The van der Waals surface area contributed by atoms with Gasteiger partial charge in [0.25, 0.3) is 0 Å². The van der Waals surface area contributed by atoms with E-state index < -0.39 is 5.97 Å². The smallest absolute Gasteiger partial charge is 0.335 e. The highest BCUT2D eigenvalue weighted by molar-refractivity contribution is 5.88. The lowest BCUT2D eigenvalue weighted by atomic mass is 9.95. The lowest BCUT2D eigenvalue weighted by Gasteiger charge is -2.38. The maximum atomic E-state index is 11.3. The summed E-state index contributed by atoms with van der Waals surface area (Å²) in [5.74, 6) is 0.590. The minimum Gasteiger partial charge on any atom is -0.478 e. The third kappa shape index (κ3) is 3.30. The van der Waals surface area contributed by atoms with Crippen LogP contribution in [0.5, 0.6) is 0 Å². The zero-order valence-corrected chi connectivity index (χ0v) is 12.6. The Hall–Kier alpha value is -1.58. The van der Waals surface area contributed by atoms with Crippen LogP contribution in [0.3, 0.4) is 0 Å². The second-order valence-corrected chi connectivity index (χ2v) is 5.94. The average Bonchev–Trinajstić information content (AvgIpc) is 2.41. The zero-order chi connectivity index (χ0) is 14.7. The van der Waals surface area contributed by atoms with E-state index >= 15 is 0 Å². The molecule has 4 nitrogen and oxygen atoms in total. The highest BCUT2D eigenvalue weighted by Gasteiger charge is 2.25. The van der Waals surface area contributed by atoms with Crippen LogP contribution in [0.4, 0.5) is 5.82 Å². The molecule has 110 valence electrons. The van der Waals surface area contributed by atoms with Gasteiger partial charge in [-0.3, -0.25) is 0 Å². The van der Waals surface area contributed by atoms with E-state index in [0.29, 0.717) is 17.5 Å². The Kier molecular flexibility index (Phi) is 4.63. The molecule has 0 radical (unpaired) electrons. The topological polar surface area (TPSA) is 53.4 Å². The van der Waals surface area contributed by atoms with E-state index in [1.807, 2.05) is 0 Å². The van der Waals surface area contributed by atoms with Gasteiger partial charge in [-0.25, -0.2) is 9.78 Å². The SMILES string of the molecule is CCCc1cc(C(=O)O)cc(N2CC(C)CCC2C)n1. The fraction of sp³-hybridized carbons (Fsp3) is 0.625. The lowest BCUT2D eigenvalue weighted by Crippen LogP contribution is -2.41. The molecule has 2 unspecified atom stereocenters. The van der Waals surface area contributed by atoms with Crippen molar-refractivity contribution in [1.82, 2.24) is 4.98 Å². The third-order valence-corrected chi connectivity index (χ3v) is 4.03. The standard InChI is InChI=1S/C16H24N2O2/c1-4-5-14-8-13(16(19)20)9-15(17-14)18-10-11(2)6-7-12(18)3/h8-9,11-12H,4-7,10H2,1-3H3,(H,19,20). The summed E-state index contributed by atoms with van der Waals surface area (Å²) >= 11 is 0. The van der Waals surface area contributed by atoms with Gasteiger partial charge in [-0.1, -0.05) is 20.3 Å². The first kappa shape index (κ1) is 14.8. The van der Waals surface area contributed by atoms with Crippen LogP contribution in [0.15, 0.2) is 12.1 Å². The summed E-state index contributed by atoms with van der Waals surface area (Å²) < 4.78 is 0. The van der Waals surface area contributed by atoms with Gasteiger partial charge >= 0.3 is 5.97 Å². The molecule has 1 N–H and O–H groups in total. The van der Waals surface area contributed by atoms with E-state index in [9.17, 15) is 9.90 Å². The van der Waals surface area contributed by atoms with Crippen LogP contribution in [0.2, 0.25) is 0 Å². The molecule has 1 aliphatic rings. The first-order chi connectivity index (χ1) is 9.51. The summed E-state index contributed by atoms with van der Waals surface area (Å²) in [7, 11) is 0. The highest BCUT2D eigenvalue weighted by atomic mass is 16.4. The van der Waals surface area contributed by atoms with Gasteiger partial charge in [-0.05, 0) is 44.2 Å². The number of anilines is 1. The zero-order valence-electron chi connectivity index (χ0n) is 12.6. The van der Waals surface area contributed by atoms with E-state index in [-0.39, 0.29) is 0 Å². The second kappa shape index (κ2) is 6.25. The van der Waals surface area contributed by atoms with Crippen LogP contribution in [-0.4, -0.2) is 28.6 Å². The van der Waals surface area contributed by atoms with Gasteiger partial charge in [0.05, 0.1) is 5.56 Å². The highest BCUT2D eigenvalue weighted by Crippen LogP contribution is 2.27. The Morgan fingerprint density at radius 1 is 1.40 bits per heavy atom. The predicted octanol–water partition coefficient (Wildman–Crippen LogP) is 3.36. The molecule has 0 aromatic carbocycles. The fourth-order valence-electron chi connectivity index (χ4n) is 2.83. The van der Waals surface area contributed by atoms with Gasteiger partial charge in [-0.15, -0.1) is 0 Å². The Labute approximate surface area is 120 Å². The van der Waals surface area contributed by atoms with E-state index in [1.165, 1.54) is 6.42 Å². The number of aryl methyl sites for hydroxylation is 1. The van der Waals surface area contributed by atoms with Crippen LogP contribution in [0, 0.1) is 5.92 Å². The molecule has 1 aromatic rings. The minimum absolute atomic E-state index is 0.351. The van der Waals surface area contributed by atoms with Crippen molar-refractivity contribution in [3.8, 4) is 0 Å². The van der Waals surface area contributed by atoms with Crippen molar-refractivity contribution in [2.75, 3.05) is 11.4 Å². The van der Waals surface area contributed by atoms with Gasteiger partial charge < -0.3 is 10.0 Å². The van der Waals surface area contributed by atoms with Crippen molar-refractivity contribution < 1.29 is 9.90 Å². The van der Waals surface area contributed by atoms with Crippen molar-refractivity contribution in [1.29, 1.82) is 0 Å². The number of aromatic carboxylic acids is 1. The van der Waals surface area contributed by atoms with Crippen LogP contribution in [-0.2, 0) is 6.42 Å². The monoisotopic (exact) mass is 276 g/mol. The molecule has 0 saturated carbocycles. The molecular weight excluding hydrogens is 252 g/mol. The number of rotatable bonds is 4. The molecular formula is C16H24N2O2. The van der Waals surface area contributed by atoms with Crippen LogP contribution >= 0.6 is 0 Å². The number of hydrogen-bond donors (Lipinski definition) is 1. The number of carboxylic acid groups (broad SMARTS) is 1. The van der Waals surface area contributed by atoms with E-state index in [0.717, 1.165) is 37.3 Å². The summed E-state index contributed by atoms with van der Waals surface area (Å²) in [5.41, 5.74) is 1.23. The Balaban J connectivity index is 2.35. The van der Waals surface area contributed by atoms with Crippen LogP contribution in [0.1, 0.15) is 56.1 Å². The maximum Gasteiger partial charge on any atom is 0.335 e. The molecule has 1 aromatic heterocycles. The molecule has 0 aliphatic carbocycles. The van der Waals surface area contributed by atoms with Crippen molar-refractivity contribution >= 4 is 11.8 Å². The van der Waals surface area contributed by atoms with Crippen molar-refractivity contribution in [2.45, 2.75) is 52.5 Å². The molecule has 20 heavy (non-hydrogen) atoms. The van der Waals surface area contributed by atoms with Gasteiger partial charge in [0.15, 0.2) is 0 Å². The maximum absolute atomic E-state index is 11.3. The molecule has 1 fully saturated rings. The molecule has 0 amide bonds. The Bertz CT molecular complexity index is 487. The van der Waals surface area contributed by atoms with Crippen LogP contribution in [0.25, 0.3) is 0 Å². The third-order valence-electron chi connectivity index (χ3n) is 4.03. The molecule has 1 aliphatic heterocycles. The summed E-state index contributed by atoms with van der Waals surface area (Å²) in [5, 5.41) is 9.27. The lowest BCUT2D eigenvalue weighted by molar-refractivity contribution is 0.0696.